The van der Waals surface area contributed by atoms with Gasteiger partial charge in [-0.25, -0.2) is 4.39 Å². The Hall–Kier alpha value is -3.21. The van der Waals surface area contributed by atoms with Gasteiger partial charge in [0.2, 0.25) is 11.5 Å². The van der Waals surface area contributed by atoms with Gasteiger partial charge in [0, 0.05) is 24.4 Å². The molecule has 3 rings (SSSR count). The molecule has 0 unspecified atom stereocenters. The van der Waals surface area contributed by atoms with Gasteiger partial charge < -0.3 is 9.88 Å². The lowest BCUT2D eigenvalue weighted by Crippen LogP contribution is -2.30. The fourth-order valence-electron chi connectivity index (χ4n) is 3.01. The van der Waals surface area contributed by atoms with Crippen LogP contribution in [-0.2, 0) is 11.3 Å². The molecular formula is C23H23FN2O2. The minimum atomic E-state index is -0.362. The van der Waals surface area contributed by atoms with Crippen LogP contribution in [0.25, 0.3) is 11.1 Å². The second-order valence-electron chi connectivity index (χ2n) is 6.70. The molecule has 2 aromatic carbocycles. The zero-order chi connectivity index (χ0) is 19.9. The van der Waals surface area contributed by atoms with E-state index in [1.165, 1.54) is 18.2 Å². The summed E-state index contributed by atoms with van der Waals surface area (Å²) >= 11 is 0. The summed E-state index contributed by atoms with van der Waals surface area (Å²) in [5.74, 6) is -0.378. The third-order valence-electron chi connectivity index (χ3n) is 4.58. The summed E-state index contributed by atoms with van der Waals surface area (Å²) in [4.78, 5) is 28.2. The van der Waals surface area contributed by atoms with Gasteiger partial charge in [0.1, 0.15) is 5.82 Å². The maximum atomic E-state index is 13.7. The average Bonchev–Trinajstić information content (AvgIpc) is 2.71. The van der Waals surface area contributed by atoms with Crippen LogP contribution in [0, 0.1) is 5.82 Å². The predicted molar refractivity (Wildman–Crippen MR) is 110 cm³/mol. The third-order valence-corrected chi connectivity index (χ3v) is 4.58. The number of carbonyl (C=O) groups excluding carboxylic acids is 1. The lowest BCUT2D eigenvalue weighted by Gasteiger charge is -2.23. The molecule has 5 heteroatoms. The molecule has 0 atom stereocenters. The van der Waals surface area contributed by atoms with E-state index in [0.29, 0.717) is 18.7 Å². The fourth-order valence-corrected chi connectivity index (χ4v) is 3.01. The first-order chi connectivity index (χ1) is 13.6. The molecule has 0 radical (unpaired) electrons. The molecule has 0 aliphatic rings. The minimum absolute atomic E-state index is 0.0165. The van der Waals surface area contributed by atoms with Gasteiger partial charge in [0.05, 0.1) is 6.54 Å². The molecule has 0 saturated carbocycles. The molecule has 144 valence electrons. The number of nitrogens with zero attached hydrogens (tertiary/aromatic N) is 1. The van der Waals surface area contributed by atoms with Crippen LogP contribution in [0.15, 0.2) is 71.7 Å². The van der Waals surface area contributed by atoms with E-state index in [2.05, 4.69) is 4.98 Å². The zero-order valence-electron chi connectivity index (χ0n) is 15.8. The molecule has 4 nitrogen and oxygen atoms in total. The predicted octanol–water partition coefficient (Wildman–Crippen LogP) is 4.90. The van der Waals surface area contributed by atoms with Crippen LogP contribution in [-0.4, -0.2) is 10.9 Å². The first-order valence-corrected chi connectivity index (χ1v) is 9.41. The molecule has 1 amide bonds. The van der Waals surface area contributed by atoms with Crippen molar-refractivity contribution in [3.8, 4) is 11.1 Å². The standard InChI is InChI=1S/C23H23FN2O2/c1-2-3-7-23(28)26(21-6-4-5-20(24)14-21)16-17-8-10-18(11-9-17)19-12-13-22(27)25-15-19/h4-6,8-15H,2-3,7,16H2,1H3,(H,25,27). The van der Waals surface area contributed by atoms with E-state index in [4.69, 9.17) is 0 Å². The van der Waals surface area contributed by atoms with E-state index in [1.54, 1.807) is 29.3 Å². The van der Waals surface area contributed by atoms with Crippen molar-refractivity contribution in [2.24, 2.45) is 0 Å². The van der Waals surface area contributed by atoms with Crippen LogP contribution in [0.5, 0.6) is 0 Å². The summed E-state index contributed by atoms with van der Waals surface area (Å²) in [5, 5.41) is 0. The molecule has 0 saturated heterocycles. The molecule has 0 spiro atoms. The molecule has 0 bridgehead atoms. The number of benzene rings is 2. The molecule has 1 aromatic heterocycles. The van der Waals surface area contributed by atoms with E-state index < -0.39 is 0 Å². The quantitative estimate of drug-likeness (QED) is 0.635. The van der Waals surface area contributed by atoms with Gasteiger partial charge in [-0.15, -0.1) is 0 Å². The number of halogens is 1. The van der Waals surface area contributed by atoms with Crippen molar-refractivity contribution in [2.45, 2.75) is 32.7 Å². The van der Waals surface area contributed by atoms with Crippen LogP contribution >= 0.6 is 0 Å². The van der Waals surface area contributed by atoms with Gasteiger partial charge in [-0.3, -0.25) is 9.59 Å². The maximum Gasteiger partial charge on any atom is 0.247 e. The monoisotopic (exact) mass is 378 g/mol. The van der Waals surface area contributed by atoms with Crippen molar-refractivity contribution in [3.05, 3.63) is 88.6 Å². The van der Waals surface area contributed by atoms with Crippen LogP contribution in [0.3, 0.4) is 0 Å². The van der Waals surface area contributed by atoms with E-state index in [9.17, 15) is 14.0 Å². The lowest BCUT2D eigenvalue weighted by atomic mass is 10.1. The molecule has 28 heavy (non-hydrogen) atoms. The second kappa shape index (κ2) is 9.13. The summed E-state index contributed by atoms with van der Waals surface area (Å²) in [6.45, 7) is 2.41. The van der Waals surface area contributed by atoms with Gasteiger partial charge in [-0.1, -0.05) is 43.7 Å². The van der Waals surface area contributed by atoms with Crippen molar-refractivity contribution in [2.75, 3.05) is 4.90 Å². The first kappa shape index (κ1) is 19.5. The summed E-state index contributed by atoms with van der Waals surface area (Å²) in [6, 6.07) is 17.2. The number of carbonyl (C=O) groups is 1. The minimum Gasteiger partial charge on any atom is -0.328 e. The molecule has 0 fully saturated rings. The fraction of sp³-hybridized carbons (Fsp3) is 0.217. The van der Waals surface area contributed by atoms with Crippen LogP contribution in [0.2, 0.25) is 0 Å². The lowest BCUT2D eigenvalue weighted by molar-refractivity contribution is -0.118. The first-order valence-electron chi connectivity index (χ1n) is 9.41. The largest absolute Gasteiger partial charge is 0.328 e. The molecule has 1 N–H and O–H groups in total. The summed E-state index contributed by atoms with van der Waals surface area (Å²) in [6.07, 6.45) is 3.83. The highest BCUT2D eigenvalue weighted by Gasteiger charge is 2.16. The van der Waals surface area contributed by atoms with E-state index >= 15 is 0 Å². The smallest absolute Gasteiger partial charge is 0.247 e. The summed E-state index contributed by atoms with van der Waals surface area (Å²) < 4.78 is 13.7. The second-order valence-corrected chi connectivity index (χ2v) is 6.70. The van der Waals surface area contributed by atoms with E-state index in [1.807, 2.05) is 31.2 Å². The number of amides is 1. The Balaban J connectivity index is 1.82. The SMILES string of the molecule is CCCCC(=O)N(Cc1ccc(-c2ccc(=O)[nH]c2)cc1)c1cccc(F)c1. The van der Waals surface area contributed by atoms with Crippen LogP contribution in [0.1, 0.15) is 31.7 Å². The number of unbranched alkanes of at least 4 members (excludes halogenated alkanes) is 1. The highest BCUT2D eigenvalue weighted by molar-refractivity contribution is 5.93. The number of rotatable bonds is 7. The Bertz CT molecular complexity index is 975. The molecule has 1 heterocycles. The van der Waals surface area contributed by atoms with Gasteiger partial charge in [-0.05, 0) is 47.4 Å². The number of nitrogens with one attached hydrogen (secondary N) is 1. The third kappa shape index (κ3) is 4.94. The maximum absolute atomic E-state index is 13.7. The normalized spacial score (nSPS) is 10.6. The van der Waals surface area contributed by atoms with Gasteiger partial charge in [-0.2, -0.15) is 0 Å². The Morgan fingerprint density at radius 3 is 2.43 bits per heavy atom. The number of pyridine rings is 1. The number of hydrogen-bond acceptors (Lipinski definition) is 2. The average molecular weight is 378 g/mol. The van der Waals surface area contributed by atoms with Gasteiger partial charge in [0.25, 0.3) is 0 Å². The zero-order valence-corrected chi connectivity index (χ0v) is 15.8. The van der Waals surface area contributed by atoms with Crippen molar-refractivity contribution >= 4 is 11.6 Å². The van der Waals surface area contributed by atoms with Crippen molar-refractivity contribution < 1.29 is 9.18 Å². The van der Waals surface area contributed by atoms with Crippen molar-refractivity contribution in [1.82, 2.24) is 4.98 Å². The van der Waals surface area contributed by atoms with E-state index in [0.717, 1.165) is 29.5 Å². The Morgan fingerprint density at radius 1 is 1.04 bits per heavy atom. The van der Waals surface area contributed by atoms with Crippen LogP contribution < -0.4 is 10.5 Å². The van der Waals surface area contributed by atoms with Gasteiger partial charge >= 0.3 is 0 Å². The number of aromatic nitrogens is 1. The Labute approximate surface area is 163 Å². The molecule has 3 aromatic rings. The topological polar surface area (TPSA) is 53.2 Å². The summed E-state index contributed by atoms with van der Waals surface area (Å²) in [5.41, 5.74) is 3.24. The number of H-pyrrole nitrogens is 1. The Morgan fingerprint density at radius 2 is 1.79 bits per heavy atom. The number of anilines is 1. The summed E-state index contributed by atoms with van der Waals surface area (Å²) in [7, 11) is 0. The van der Waals surface area contributed by atoms with Crippen LogP contribution in [0.4, 0.5) is 10.1 Å². The van der Waals surface area contributed by atoms with Gasteiger partial charge in [0.15, 0.2) is 0 Å². The highest BCUT2D eigenvalue weighted by atomic mass is 19.1. The van der Waals surface area contributed by atoms with E-state index in [-0.39, 0.29) is 17.3 Å². The Kier molecular flexibility index (Phi) is 6.37. The molecular weight excluding hydrogens is 355 g/mol. The number of hydrogen-bond donors (Lipinski definition) is 1. The van der Waals surface area contributed by atoms with Crippen molar-refractivity contribution in [1.29, 1.82) is 0 Å². The highest BCUT2D eigenvalue weighted by Crippen LogP contribution is 2.22. The molecule has 0 aliphatic carbocycles. The number of aromatic amines is 1. The molecule has 0 aliphatic heterocycles. The van der Waals surface area contributed by atoms with Crippen molar-refractivity contribution in [3.63, 3.8) is 0 Å².